The van der Waals surface area contributed by atoms with Gasteiger partial charge < -0.3 is 33.9 Å². The highest BCUT2D eigenvalue weighted by molar-refractivity contribution is 5.66. The lowest BCUT2D eigenvalue weighted by molar-refractivity contribution is -0.138. The topological polar surface area (TPSA) is 121 Å². The van der Waals surface area contributed by atoms with Gasteiger partial charge in [-0.1, -0.05) is 215 Å². The first-order chi connectivity index (χ1) is 32.2. The summed E-state index contributed by atoms with van der Waals surface area (Å²) in [5, 5.41) is 18.3. The molecule has 0 radical (unpaired) electrons. The Balaban J connectivity index is 5.77. The molecule has 9 nitrogen and oxygen atoms in total. The van der Waals surface area contributed by atoms with Gasteiger partial charge in [-0.25, -0.2) is 0 Å². The molecule has 6 atom stereocenters. The second-order valence-electron chi connectivity index (χ2n) is 20.2. The molecule has 0 aliphatic carbocycles. The Bertz CT molecular complexity index is 1010. The van der Waals surface area contributed by atoms with Crippen LogP contribution in [0.5, 0.6) is 0 Å². The van der Waals surface area contributed by atoms with Gasteiger partial charge >= 0.3 is 11.9 Å². The summed E-state index contributed by atoms with van der Waals surface area (Å²) in [5.74, 6) is -0.587. The summed E-state index contributed by atoms with van der Waals surface area (Å²) in [6, 6.07) is 0. The molecule has 0 aromatic carbocycles. The fraction of sp³-hybridized carbons (Fsp3) is 0.965. The van der Waals surface area contributed by atoms with Crippen molar-refractivity contribution < 1.29 is 43.5 Å². The van der Waals surface area contributed by atoms with Crippen LogP contribution in [-0.2, 0) is 33.3 Å². The molecular formula is C57H112O9. The fourth-order valence-electron chi connectivity index (χ4n) is 9.05. The van der Waals surface area contributed by atoms with Crippen molar-refractivity contribution >= 4 is 11.9 Å². The van der Waals surface area contributed by atoms with E-state index in [2.05, 4.69) is 41.5 Å². The molecule has 0 aromatic rings. The summed E-state index contributed by atoms with van der Waals surface area (Å²) < 4.78 is 33.0. The monoisotopic (exact) mass is 941 g/mol. The van der Waals surface area contributed by atoms with E-state index in [0.717, 1.165) is 25.7 Å². The van der Waals surface area contributed by atoms with E-state index < -0.39 is 11.9 Å². The van der Waals surface area contributed by atoms with Crippen LogP contribution in [0.2, 0.25) is 0 Å². The molecule has 0 bridgehead atoms. The van der Waals surface area contributed by atoms with Crippen molar-refractivity contribution in [3.8, 4) is 0 Å². The van der Waals surface area contributed by atoms with Gasteiger partial charge in [0.2, 0.25) is 0 Å². The van der Waals surface area contributed by atoms with E-state index in [1.54, 1.807) is 0 Å². The molecule has 0 saturated heterocycles. The highest BCUT2D eigenvalue weighted by Gasteiger charge is 2.23. The van der Waals surface area contributed by atoms with E-state index in [0.29, 0.717) is 70.7 Å². The van der Waals surface area contributed by atoms with Crippen molar-refractivity contribution in [1.82, 2.24) is 0 Å². The Morgan fingerprint density at radius 3 is 1.00 bits per heavy atom. The number of hydrogen-bond donors (Lipinski definition) is 2. The number of carboxylic acids is 2. The van der Waals surface area contributed by atoms with E-state index in [1.807, 2.05) is 0 Å². The smallest absolute Gasteiger partial charge is 0.303 e. The van der Waals surface area contributed by atoms with Crippen LogP contribution in [0.4, 0.5) is 0 Å². The van der Waals surface area contributed by atoms with Gasteiger partial charge in [-0.3, -0.25) is 9.59 Å². The van der Waals surface area contributed by atoms with Crippen LogP contribution in [0.1, 0.15) is 279 Å². The van der Waals surface area contributed by atoms with Crippen LogP contribution >= 0.6 is 0 Å². The molecule has 0 amide bonds. The number of unbranched alkanes of at least 4 members (excludes halogenated alkanes) is 25. The second-order valence-corrected chi connectivity index (χ2v) is 20.2. The van der Waals surface area contributed by atoms with Gasteiger partial charge in [-0.05, 0) is 63.2 Å². The number of rotatable bonds is 55. The van der Waals surface area contributed by atoms with Crippen molar-refractivity contribution in [2.24, 2.45) is 11.8 Å². The number of carbonyl (C=O) groups is 2. The SMILES string of the molecule is CCCCCCCCCCCC(OC[C@H](COC[C@@H](COC(CCCCCCCCCCC)C(C)CCCCCC)OCCCCC(=O)O)OCCCCCC(=O)O)C(C)CCCCCC. The first-order valence-electron chi connectivity index (χ1n) is 28.7. The van der Waals surface area contributed by atoms with Crippen LogP contribution in [-0.4, -0.2) is 86.2 Å². The maximum absolute atomic E-state index is 11.2. The zero-order chi connectivity index (χ0) is 48.6. The first-order valence-corrected chi connectivity index (χ1v) is 28.7. The van der Waals surface area contributed by atoms with Crippen LogP contribution in [0.3, 0.4) is 0 Å². The maximum Gasteiger partial charge on any atom is 0.303 e. The molecule has 0 rings (SSSR count). The number of carboxylic acid groups (broad SMARTS) is 2. The average Bonchev–Trinajstić information content (AvgIpc) is 3.30. The lowest BCUT2D eigenvalue weighted by Gasteiger charge is -2.29. The van der Waals surface area contributed by atoms with Crippen LogP contribution in [0, 0.1) is 11.8 Å². The van der Waals surface area contributed by atoms with Gasteiger partial charge in [0.25, 0.3) is 0 Å². The van der Waals surface area contributed by atoms with Gasteiger partial charge in [0.1, 0.15) is 12.2 Å². The minimum Gasteiger partial charge on any atom is -0.481 e. The third kappa shape index (κ3) is 44.0. The molecule has 394 valence electrons. The van der Waals surface area contributed by atoms with Crippen LogP contribution < -0.4 is 0 Å². The van der Waals surface area contributed by atoms with Gasteiger partial charge in [-0.15, -0.1) is 0 Å². The number of aliphatic carboxylic acids is 2. The standard InChI is InChI=1S/C57H112O9/c1-7-11-15-19-21-23-25-27-32-40-54(50(5)38-30-17-13-9-3)65-48-52(63-44-36-29-34-42-56(58)59)46-62-47-53(64-45-37-35-43-57(60)61)49-66-55(51(6)39-31-18-14-10-4)41-33-28-26-24-22-20-16-12-8-2/h50-55H,7-49H2,1-6H3,(H,58,59)(H,60,61)/t50?,51?,52-,53-,54?,55?/m0/s1. The molecule has 0 spiro atoms. The number of ether oxygens (including phenoxy) is 5. The zero-order valence-electron chi connectivity index (χ0n) is 44.6. The normalized spacial score (nSPS) is 14.6. The van der Waals surface area contributed by atoms with Crippen molar-refractivity contribution in [2.45, 2.75) is 304 Å². The molecule has 0 fully saturated rings. The van der Waals surface area contributed by atoms with Gasteiger partial charge in [0, 0.05) is 26.1 Å². The molecule has 0 aliphatic rings. The predicted molar refractivity (Wildman–Crippen MR) is 277 cm³/mol. The highest BCUT2D eigenvalue weighted by atomic mass is 16.6. The van der Waals surface area contributed by atoms with E-state index in [1.165, 1.54) is 180 Å². The molecule has 0 heterocycles. The summed E-state index contributed by atoms with van der Waals surface area (Å²) in [4.78, 5) is 22.3. The van der Waals surface area contributed by atoms with Crippen molar-refractivity contribution in [3.05, 3.63) is 0 Å². The predicted octanol–water partition coefficient (Wildman–Crippen LogP) is 16.5. The fourth-order valence-corrected chi connectivity index (χ4v) is 9.05. The van der Waals surface area contributed by atoms with Gasteiger partial charge in [0.15, 0.2) is 0 Å². The van der Waals surface area contributed by atoms with Crippen molar-refractivity contribution in [1.29, 1.82) is 0 Å². The maximum atomic E-state index is 11.2. The largest absolute Gasteiger partial charge is 0.481 e. The summed E-state index contributed by atoms with van der Waals surface area (Å²) in [6.07, 6.45) is 41.8. The van der Waals surface area contributed by atoms with Crippen molar-refractivity contribution in [2.75, 3.05) is 39.6 Å². The Kier molecular flexibility index (Phi) is 49.2. The minimum atomic E-state index is -0.776. The lowest BCUT2D eigenvalue weighted by Crippen LogP contribution is -2.35. The Labute approximate surface area is 409 Å². The molecule has 4 unspecified atom stereocenters. The second kappa shape index (κ2) is 50.1. The van der Waals surface area contributed by atoms with E-state index in [9.17, 15) is 14.7 Å². The average molecular weight is 942 g/mol. The lowest BCUT2D eigenvalue weighted by atomic mass is 9.93. The molecule has 0 saturated carbocycles. The quantitative estimate of drug-likeness (QED) is 0.0574. The summed E-state index contributed by atoms with van der Waals surface area (Å²) in [5.41, 5.74) is 0. The Morgan fingerprint density at radius 1 is 0.348 bits per heavy atom. The third-order valence-corrected chi connectivity index (χ3v) is 13.6. The Hall–Kier alpha value is -1.26. The minimum absolute atomic E-state index is 0.143. The first kappa shape index (κ1) is 64.7. The Morgan fingerprint density at radius 2 is 0.636 bits per heavy atom. The van der Waals surface area contributed by atoms with E-state index in [-0.39, 0.29) is 37.3 Å². The molecular weight excluding hydrogens is 829 g/mol. The molecule has 0 aliphatic heterocycles. The highest BCUT2D eigenvalue weighted by Crippen LogP contribution is 2.25. The third-order valence-electron chi connectivity index (χ3n) is 13.6. The zero-order valence-corrected chi connectivity index (χ0v) is 44.6. The molecule has 0 aromatic heterocycles. The van der Waals surface area contributed by atoms with Gasteiger partial charge in [-0.2, -0.15) is 0 Å². The van der Waals surface area contributed by atoms with Crippen LogP contribution in [0.15, 0.2) is 0 Å². The summed E-state index contributed by atoms with van der Waals surface area (Å²) in [7, 11) is 0. The molecule has 2 N–H and O–H groups in total. The number of hydrogen-bond acceptors (Lipinski definition) is 7. The van der Waals surface area contributed by atoms with Crippen molar-refractivity contribution in [3.63, 3.8) is 0 Å². The molecule has 66 heavy (non-hydrogen) atoms. The summed E-state index contributed by atoms with van der Waals surface area (Å²) in [6.45, 7) is 16.5. The van der Waals surface area contributed by atoms with Gasteiger partial charge in [0.05, 0.1) is 38.6 Å². The van der Waals surface area contributed by atoms with E-state index >= 15 is 0 Å². The summed E-state index contributed by atoms with van der Waals surface area (Å²) >= 11 is 0. The van der Waals surface area contributed by atoms with Crippen LogP contribution in [0.25, 0.3) is 0 Å². The van der Waals surface area contributed by atoms with E-state index in [4.69, 9.17) is 28.8 Å². The molecule has 9 heteroatoms.